The summed E-state index contributed by atoms with van der Waals surface area (Å²) < 4.78 is 33.4. The number of amides is 1. The van der Waals surface area contributed by atoms with E-state index in [2.05, 4.69) is 10.0 Å². The minimum absolute atomic E-state index is 0. The molecule has 1 aromatic heterocycles. The van der Waals surface area contributed by atoms with E-state index in [1.807, 2.05) is 7.05 Å². The van der Waals surface area contributed by atoms with Gasteiger partial charge in [0.15, 0.2) is 6.54 Å². The maximum Gasteiger partial charge on any atom is 0.266 e. The van der Waals surface area contributed by atoms with E-state index in [1.165, 1.54) is 19.2 Å². The number of sulfonamides is 1. The van der Waals surface area contributed by atoms with Crippen LogP contribution in [0, 0.1) is 0 Å². The first-order valence-corrected chi connectivity index (χ1v) is 8.77. The van der Waals surface area contributed by atoms with Crippen molar-refractivity contribution in [1.29, 1.82) is 0 Å². The summed E-state index contributed by atoms with van der Waals surface area (Å²) in [5.41, 5.74) is 0.195. The van der Waals surface area contributed by atoms with Gasteiger partial charge in [0.2, 0.25) is 16.4 Å². The highest BCUT2D eigenvalue weighted by atomic mass is 35.5. The van der Waals surface area contributed by atoms with Crippen LogP contribution in [0.5, 0.6) is 11.5 Å². The molecule has 2 aromatic rings. The highest BCUT2D eigenvalue weighted by Gasteiger charge is 2.16. The number of hydrogen-bond acceptors (Lipinski definition) is 5. The van der Waals surface area contributed by atoms with E-state index in [1.54, 1.807) is 27.9 Å². The number of phenols is 1. The van der Waals surface area contributed by atoms with E-state index >= 15 is 0 Å². The Morgan fingerprint density at radius 2 is 2.04 bits per heavy atom. The van der Waals surface area contributed by atoms with Crippen LogP contribution in [0.3, 0.4) is 0 Å². The first-order chi connectivity index (χ1) is 11.2. The van der Waals surface area contributed by atoms with Crippen molar-refractivity contribution in [3.8, 4) is 11.5 Å². The van der Waals surface area contributed by atoms with E-state index in [9.17, 15) is 18.3 Å². The van der Waals surface area contributed by atoms with E-state index in [0.29, 0.717) is 0 Å². The number of phenolic OH excluding ortho intramolecular Hbond substituents is 1. The molecule has 11 heteroatoms. The summed E-state index contributed by atoms with van der Waals surface area (Å²) in [7, 11) is -0.348. The third-order valence-corrected chi connectivity index (χ3v) is 3.63. The summed E-state index contributed by atoms with van der Waals surface area (Å²) in [6, 6.07) is 2.52. The number of aromatic hydroxyl groups is 1. The van der Waals surface area contributed by atoms with Gasteiger partial charge in [-0.05, 0) is 0 Å². The number of hydrogen-bond donors (Lipinski definition) is 3. The maximum atomic E-state index is 12.1. The Morgan fingerprint density at radius 1 is 1.36 bits per heavy atom. The summed E-state index contributed by atoms with van der Waals surface area (Å²) in [6.07, 6.45) is 6.25. The topological polar surface area (TPSA) is 114 Å². The van der Waals surface area contributed by atoms with Gasteiger partial charge >= 0.3 is 0 Å². The van der Waals surface area contributed by atoms with Gasteiger partial charge in [0, 0.05) is 12.1 Å². The van der Waals surface area contributed by atoms with Crippen molar-refractivity contribution in [2.75, 3.05) is 23.4 Å². The predicted molar refractivity (Wildman–Crippen MR) is 87.4 cm³/mol. The van der Waals surface area contributed by atoms with Crippen LogP contribution < -0.4 is 31.7 Å². The third-order valence-electron chi connectivity index (χ3n) is 3.04. The van der Waals surface area contributed by atoms with Crippen molar-refractivity contribution in [1.82, 2.24) is 4.57 Å². The number of aromatic nitrogens is 2. The van der Waals surface area contributed by atoms with Crippen molar-refractivity contribution in [3.05, 3.63) is 30.9 Å². The number of imidazole rings is 1. The average molecular weight is 391 g/mol. The number of aryl methyl sites for hydroxylation is 1. The largest absolute Gasteiger partial charge is 1.00 e. The minimum Gasteiger partial charge on any atom is -1.00 e. The minimum atomic E-state index is -3.56. The van der Waals surface area contributed by atoms with Gasteiger partial charge in [-0.3, -0.25) is 9.52 Å². The molecule has 0 unspecified atom stereocenters. The molecule has 0 spiro atoms. The van der Waals surface area contributed by atoms with Crippen molar-refractivity contribution in [2.45, 2.75) is 6.54 Å². The van der Waals surface area contributed by atoms with Gasteiger partial charge in [0.1, 0.15) is 23.9 Å². The molecule has 0 aliphatic carbocycles. The molecule has 138 valence electrons. The molecule has 2 rings (SSSR count). The number of nitrogens with one attached hydrogen (secondary N) is 2. The van der Waals surface area contributed by atoms with Crippen molar-refractivity contribution in [2.24, 2.45) is 7.05 Å². The molecule has 1 heterocycles. The fourth-order valence-electron chi connectivity index (χ4n) is 2.07. The number of halogens is 1. The zero-order valence-corrected chi connectivity index (χ0v) is 15.4. The van der Waals surface area contributed by atoms with E-state index in [0.717, 1.165) is 6.26 Å². The Balaban J connectivity index is 0.00000312. The molecule has 0 atom stereocenters. The van der Waals surface area contributed by atoms with Crippen LogP contribution in [0.4, 0.5) is 11.4 Å². The lowest BCUT2D eigenvalue weighted by atomic mass is 10.2. The summed E-state index contributed by atoms with van der Waals surface area (Å²) in [5, 5.41) is 12.6. The molecule has 1 aromatic carbocycles. The number of ether oxygens (including phenoxy) is 1. The van der Waals surface area contributed by atoms with Gasteiger partial charge in [-0.2, -0.15) is 0 Å². The molecule has 25 heavy (non-hydrogen) atoms. The Kier molecular flexibility index (Phi) is 6.65. The predicted octanol–water partition coefficient (Wildman–Crippen LogP) is -2.96. The lowest BCUT2D eigenvalue weighted by Gasteiger charge is -2.13. The van der Waals surface area contributed by atoms with Gasteiger partial charge in [0.05, 0.1) is 31.8 Å². The summed E-state index contributed by atoms with van der Waals surface area (Å²) in [6.45, 7) is 0.0775. The van der Waals surface area contributed by atoms with Gasteiger partial charge < -0.3 is 27.6 Å². The molecule has 0 fully saturated rings. The standard InChI is InChI=1S/C14H18N4O5S.ClH/c1-17-4-5-18(9-17)8-14(20)15-11-6-12(19)10(7-13(11)23-2)16-24(3,21)22;/h4-7,9,16H,8H2,1-3H3,(H-,15,19,20);1H. The molecule has 1 amide bonds. The highest BCUT2D eigenvalue weighted by Crippen LogP contribution is 2.36. The average Bonchev–Trinajstić information content (AvgIpc) is 2.85. The summed E-state index contributed by atoms with van der Waals surface area (Å²) in [4.78, 5) is 12.1. The van der Waals surface area contributed by atoms with Gasteiger partial charge in [-0.25, -0.2) is 17.6 Å². The number of rotatable bonds is 6. The molecule has 0 aliphatic heterocycles. The first kappa shape index (κ1) is 20.6. The van der Waals surface area contributed by atoms with Gasteiger partial charge in [0.25, 0.3) is 5.91 Å². The molecule has 0 saturated heterocycles. The van der Waals surface area contributed by atoms with Crippen LogP contribution in [0.25, 0.3) is 0 Å². The molecule has 0 saturated carbocycles. The van der Waals surface area contributed by atoms with Crippen molar-refractivity contribution < 1.29 is 40.0 Å². The van der Waals surface area contributed by atoms with Crippen LogP contribution in [0.1, 0.15) is 0 Å². The number of nitrogens with zero attached hydrogens (tertiary/aromatic N) is 2. The Morgan fingerprint density at radius 3 is 2.56 bits per heavy atom. The molecule has 0 aliphatic rings. The van der Waals surface area contributed by atoms with E-state index in [-0.39, 0.29) is 47.7 Å². The zero-order valence-electron chi connectivity index (χ0n) is 13.9. The SMILES string of the molecule is COc1cc(NS(C)(=O)=O)c(O)cc1NC(=O)Cn1cc[n+](C)c1.[Cl-]. The molecule has 0 bridgehead atoms. The lowest BCUT2D eigenvalue weighted by Crippen LogP contribution is -3.00. The second-order valence-electron chi connectivity index (χ2n) is 5.24. The van der Waals surface area contributed by atoms with Crippen LogP contribution in [0.15, 0.2) is 30.9 Å². The molecule has 3 N–H and O–H groups in total. The van der Waals surface area contributed by atoms with Crippen LogP contribution in [0.2, 0.25) is 0 Å². The normalized spacial score (nSPS) is 10.7. The monoisotopic (exact) mass is 390 g/mol. The smallest absolute Gasteiger partial charge is 0.266 e. The van der Waals surface area contributed by atoms with Crippen LogP contribution >= 0.6 is 0 Å². The van der Waals surface area contributed by atoms with E-state index in [4.69, 9.17) is 4.74 Å². The van der Waals surface area contributed by atoms with Crippen molar-refractivity contribution in [3.63, 3.8) is 0 Å². The number of carbonyl (C=O) groups is 1. The molecular weight excluding hydrogens is 372 g/mol. The number of carbonyl (C=O) groups excluding carboxylic acids is 1. The Labute approximate surface area is 151 Å². The van der Waals surface area contributed by atoms with Gasteiger partial charge in [-0.1, -0.05) is 0 Å². The number of anilines is 2. The maximum absolute atomic E-state index is 12.1. The second-order valence-corrected chi connectivity index (χ2v) is 6.99. The number of benzene rings is 1. The second kappa shape index (κ2) is 8.08. The zero-order chi connectivity index (χ0) is 17.9. The van der Waals surface area contributed by atoms with E-state index < -0.39 is 10.0 Å². The fraction of sp³-hybridized carbons (Fsp3) is 0.286. The first-order valence-electron chi connectivity index (χ1n) is 6.87. The molecular formula is C14H19ClN4O5S. The van der Waals surface area contributed by atoms with Gasteiger partial charge in [-0.15, -0.1) is 0 Å². The Hall–Kier alpha value is -2.46. The number of methoxy groups -OCH3 is 1. The molecule has 0 radical (unpaired) electrons. The highest BCUT2D eigenvalue weighted by molar-refractivity contribution is 7.92. The van der Waals surface area contributed by atoms with Crippen molar-refractivity contribution >= 4 is 27.3 Å². The fourth-order valence-corrected chi connectivity index (χ4v) is 2.63. The third kappa shape index (κ3) is 5.84. The Bertz CT molecular complexity index is 866. The summed E-state index contributed by atoms with van der Waals surface area (Å²) >= 11 is 0. The van der Waals surface area contributed by atoms with Crippen LogP contribution in [-0.4, -0.2) is 37.4 Å². The van der Waals surface area contributed by atoms with Crippen LogP contribution in [-0.2, 0) is 28.4 Å². The lowest BCUT2D eigenvalue weighted by molar-refractivity contribution is -0.671. The molecule has 9 nitrogen and oxygen atoms in total. The summed E-state index contributed by atoms with van der Waals surface area (Å²) in [5.74, 6) is -0.443. The quantitative estimate of drug-likeness (QED) is 0.360.